The van der Waals surface area contributed by atoms with Crippen molar-refractivity contribution in [3.8, 4) is 5.75 Å². The summed E-state index contributed by atoms with van der Waals surface area (Å²) in [6.45, 7) is 6.29. The minimum atomic E-state index is -0.950. The molecule has 1 saturated heterocycles. The smallest absolute Gasteiger partial charge is 0.321 e. The van der Waals surface area contributed by atoms with E-state index in [-0.39, 0.29) is 17.4 Å². The molecule has 4 unspecified atom stereocenters. The zero-order chi connectivity index (χ0) is 21.3. The van der Waals surface area contributed by atoms with Gasteiger partial charge in [0.15, 0.2) is 0 Å². The van der Waals surface area contributed by atoms with E-state index in [9.17, 15) is 14.3 Å². The number of hydrogen-bond donors (Lipinski definition) is 2. The molecule has 6 heteroatoms. The molecule has 1 fully saturated rings. The van der Waals surface area contributed by atoms with Crippen molar-refractivity contribution < 1.29 is 19.0 Å². The Morgan fingerprint density at radius 2 is 1.93 bits per heavy atom. The number of rotatable bonds is 5. The molecular weight excluding hydrogens is 393 g/mol. The normalized spacial score (nSPS) is 24.5. The summed E-state index contributed by atoms with van der Waals surface area (Å²) >= 11 is 5.97. The number of carbonyl (C=O) groups is 1. The summed E-state index contributed by atoms with van der Waals surface area (Å²) in [4.78, 5) is 12.2. The predicted octanol–water partition coefficient (Wildman–Crippen LogP) is 5.22. The Morgan fingerprint density at radius 1 is 1.21 bits per heavy atom. The molecule has 156 valence electrons. The quantitative estimate of drug-likeness (QED) is 0.697. The molecule has 0 spiro atoms. The maximum absolute atomic E-state index is 15.0. The summed E-state index contributed by atoms with van der Waals surface area (Å²) in [6.07, 6.45) is 0.698. The van der Waals surface area contributed by atoms with E-state index < -0.39 is 23.7 Å². The van der Waals surface area contributed by atoms with Crippen LogP contribution < -0.4 is 10.1 Å². The van der Waals surface area contributed by atoms with Crippen LogP contribution in [0, 0.1) is 11.2 Å². The zero-order valence-corrected chi connectivity index (χ0v) is 17.8. The van der Waals surface area contributed by atoms with Gasteiger partial charge in [-0.25, -0.2) is 4.39 Å². The van der Waals surface area contributed by atoms with Gasteiger partial charge in [-0.1, -0.05) is 50.6 Å². The van der Waals surface area contributed by atoms with Gasteiger partial charge < -0.3 is 15.2 Å². The van der Waals surface area contributed by atoms with Crippen molar-refractivity contribution in [2.45, 2.75) is 51.1 Å². The summed E-state index contributed by atoms with van der Waals surface area (Å²) in [5.74, 6) is -1.54. The van der Waals surface area contributed by atoms with Crippen LogP contribution in [0.3, 0.4) is 0 Å². The van der Waals surface area contributed by atoms with E-state index in [0.29, 0.717) is 22.8 Å². The van der Waals surface area contributed by atoms with Crippen molar-refractivity contribution in [2.24, 2.45) is 5.41 Å². The third kappa shape index (κ3) is 4.73. The van der Waals surface area contributed by atoms with Crippen LogP contribution >= 0.6 is 11.6 Å². The first kappa shape index (κ1) is 21.6. The molecule has 0 amide bonds. The minimum Gasteiger partial charge on any atom is -0.497 e. The topological polar surface area (TPSA) is 58.6 Å². The summed E-state index contributed by atoms with van der Waals surface area (Å²) in [5, 5.41) is 13.6. The molecule has 2 aromatic carbocycles. The fourth-order valence-corrected chi connectivity index (χ4v) is 4.56. The van der Waals surface area contributed by atoms with Gasteiger partial charge in [-0.3, -0.25) is 4.79 Å². The molecule has 2 N–H and O–H groups in total. The first-order valence-corrected chi connectivity index (χ1v) is 10.1. The van der Waals surface area contributed by atoms with E-state index in [1.54, 1.807) is 19.2 Å². The van der Waals surface area contributed by atoms with Crippen LogP contribution in [0.4, 0.5) is 4.39 Å². The average Bonchev–Trinajstić information content (AvgIpc) is 2.99. The van der Waals surface area contributed by atoms with Gasteiger partial charge in [-0.05, 0) is 47.2 Å². The van der Waals surface area contributed by atoms with E-state index in [1.807, 2.05) is 24.3 Å². The highest BCUT2D eigenvalue weighted by Gasteiger charge is 2.49. The highest BCUT2D eigenvalue weighted by molar-refractivity contribution is 6.30. The number of hydrogen-bond acceptors (Lipinski definition) is 3. The lowest BCUT2D eigenvalue weighted by molar-refractivity contribution is -0.139. The number of ether oxygens (including phenoxy) is 1. The number of nitrogens with one attached hydrogen (secondary N) is 1. The number of carboxylic acids is 1. The molecule has 0 bridgehead atoms. The van der Waals surface area contributed by atoms with Crippen molar-refractivity contribution in [1.29, 1.82) is 0 Å². The Kier molecular flexibility index (Phi) is 6.20. The number of benzene rings is 2. The standard InChI is InChI=1S/C23H27ClFNO3/c1-23(2,3)12-18-20(16-9-8-14(24)11-17(16)25)19(21(26-18)22(27)28)13-6-5-7-15(10-13)29-4/h5-11,18-21,26H,12H2,1-4H3,(H,27,28). The monoisotopic (exact) mass is 419 g/mol. The minimum absolute atomic E-state index is 0.0643. The predicted molar refractivity (Wildman–Crippen MR) is 112 cm³/mol. The van der Waals surface area contributed by atoms with Crippen LogP contribution in [-0.4, -0.2) is 30.3 Å². The molecule has 0 radical (unpaired) electrons. The van der Waals surface area contributed by atoms with Gasteiger partial charge in [0.05, 0.1) is 7.11 Å². The first-order chi connectivity index (χ1) is 13.6. The Morgan fingerprint density at radius 3 is 2.52 bits per heavy atom. The molecule has 0 saturated carbocycles. The fourth-order valence-electron chi connectivity index (χ4n) is 4.40. The second-order valence-corrected chi connectivity index (χ2v) is 9.28. The van der Waals surface area contributed by atoms with Crippen molar-refractivity contribution in [3.63, 3.8) is 0 Å². The van der Waals surface area contributed by atoms with E-state index >= 15 is 0 Å². The number of aliphatic carboxylic acids is 1. The van der Waals surface area contributed by atoms with Gasteiger partial charge in [-0.2, -0.15) is 0 Å². The summed E-state index contributed by atoms with van der Waals surface area (Å²) < 4.78 is 20.3. The highest BCUT2D eigenvalue weighted by Crippen LogP contribution is 2.47. The van der Waals surface area contributed by atoms with Gasteiger partial charge in [0.2, 0.25) is 0 Å². The Labute approximate surface area is 176 Å². The van der Waals surface area contributed by atoms with Crippen molar-refractivity contribution in [3.05, 3.63) is 64.4 Å². The SMILES string of the molecule is COc1cccc(C2C(C(=O)O)NC(CC(C)(C)C)C2c2ccc(Cl)cc2F)c1. The summed E-state index contributed by atoms with van der Waals surface area (Å²) in [5.41, 5.74) is 1.22. The Hall–Kier alpha value is -2.11. The van der Waals surface area contributed by atoms with Gasteiger partial charge in [0, 0.05) is 22.9 Å². The lowest BCUT2D eigenvalue weighted by Crippen LogP contribution is -2.39. The molecular formula is C23H27ClFNO3. The number of carboxylic acid groups (broad SMARTS) is 1. The molecule has 4 atom stereocenters. The van der Waals surface area contributed by atoms with Crippen LogP contribution in [0.5, 0.6) is 5.75 Å². The van der Waals surface area contributed by atoms with Gasteiger partial charge in [0.1, 0.15) is 17.6 Å². The molecule has 29 heavy (non-hydrogen) atoms. The van der Waals surface area contributed by atoms with Crippen LogP contribution in [0.2, 0.25) is 5.02 Å². The van der Waals surface area contributed by atoms with E-state index in [0.717, 1.165) is 5.56 Å². The maximum Gasteiger partial charge on any atom is 0.321 e. The molecule has 1 aliphatic rings. The third-order valence-corrected chi connectivity index (χ3v) is 5.71. The average molecular weight is 420 g/mol. The van der Waals surface area contributed by atoms with E-state index in [4.69, 9.17) is 16.3 Å². The largest absolute Gasteiger partial charge is 0.497 e. The second kappa shape index (κ2) is 8.33. The Balaban J connectivity index is 2.16. The van der Waals surface area contributed by atoms with Gasteiger partial charge in [-0.15, -0.1) is 0 Å². The van der Waals surface area contributed by atoms with Crippen molar-refractivity contribution >= 4 is 17.6 Å². The second-order valence-electron chi connectivity index (χ2n) is 8.85. The number of methoxy groups -OCH3 is 1. The number of halogens is 2. The Bertz CT molecular complexity index is 896. The van der Waals surface area contributed by atoms with Gasteiger partial charge in [0.25, 0.3) is 0 Å². The molecule has 0 aliphatic carbocycles. The van der Waals surface area contributed by atoms with Crippen LogP contribution in [0.25, 0.3) is 0 Å². The van der Waals surface area contributed by atoms with E-state index in [2.05, 4.69) is 26.1 Å². The van der Waals surface area contributed by atoms with Crippen LogP contribution in [0.15, 0.2) is 42.5 Å². The summed E-state index contributed by atoms with van der Waals surface area (Å²) in [7, 11) is 1.57. The molecule has 0 aromatic heterocycles. The highest BCUT2D eigenvalue weighted by atomic mass is 35.5. The van der Waals surface area contributed by atoms with Gasteiger partial charge >= 0.3 is 5.97 Å². The lowest BCUT2D eigenvalue weighted by Gasteiger charge is -2.30. The van der Waals surface area contributed by atoms with Crippen molar-refractivity contribution in [2.75, 3.05) is 7.11 Å². The molecule has 3 rings (SSSR count). The molecule has 1 heterocycles. The third-order valence-electron chi connectivity index (χ3n) is 5.47. The summed E-state index contributed by atoms with van der Waals surface area (Å²) in [6, 6.07) is 10.9. The van der Waals surface area contributed by atoms with Crippen LogP contribution in [0.1, 0.15) is 50.2 Å². The van der Waals surface area contributed by atoms with Crippen LogP contribution in [-0.2, 0) is 4.79 Å². The lowest BCUT2D eigenvalue weighted by atomic mass is 9.74. The molecule has 1 aliphatic heterocycles. The molecule has 2 aromatic rings. The fraction of sp³-hybridized carbons (Fsp3) is 0.435. The van der Waals surface area contributed by atoms with E-state index in [1.165, 1.54) is 6.07 Å². The first-order valence-electron chi connectivity index (χ1n) is 9.68. The zero-order valence-electron chi connectivity index (χ0n) is 17.1. The maximum atomic E-state index is 15.0. The van der Waals surface area contributed by atoms with Crippen molar-refractivity contribution in [1.82, 2.24) is 5.32 Å². The molecule has 4 nitrogen and oxygen atoms in total.